The second-order valence-electron chi connectivity index (χ2n) is 9.09. The predicted molar refractivity (Wildman–Crippen MR) is 121 cm³/mol. The minimum absolute atomic E-state index is 0.0978. The van der Waals surface area contributed by atoms with Gasteiger partial charge < -0.3 is 10.0 Å². The van der Waals surface area contributed by atoms with Gasteiger partial charge in [-0.15, -0.1) is 10.2 Å². The van der Waals surface area contributed by atoms with Crippen LogP contribution in [-0.2, 0) is 0 Å². The average molecular weight is 424 g/mol. The molecule has 31 heavy (non-hydrogen) atoms. The maximum Gasteiger partial charge on any atom is 0.245 e. The van der Waals surface area contributed by atoms with Gasteiger partial charge in [0.05, 0.1) is 12.2 Å². The van der Waals surface area contributed by atoms with E-state index in [1.165, 1.54) is 0 Å². The van der Waals surface area contributed by atoms with Gasteiger partial charge in [0.1, 0.15) is 17.6 Å². The van der Waals surface area contributed by atoms with Crippen LogP contribution >= 0.6 is 0 Å². The maximum atomic E-state index is 15.0. The van der Waals surface area contributed by atoms with Crippen LogP contribution in [0.25, 0.3) is 22.0 Å². The summed E-state index contributed by atoms with van der Waals surface area (Å²) < 4.78 is 15.0. The standard InChI is InChI=1S/C24H30FN5O/c1-4-8-24(2)9-5-6-19(25)21(13-24)30(3)23-27-15-20(28-29-23)18-11-16-7-10-26-14-17(16)12-22(18)31/h7,10-12,14-15,19,21,31H,4-6,8-9,13H2,1-3H3/t19-,21-,24-/m1/s1. The number of phenols is 1. The first-order chi connectivity index (χ1) is 14.9. The number of benzene rings is 1. The Morgan fingerprint density at radius 2 is 2.06 bits per heavy atom. The molecule has 1 aromatic carbocycles. The smallest absolute Gasteiger partial charge is 0.245 e. The van der Waals surface area contributed by atoms with Gasteiger partial charge in [-0.05, 0) is 61.1 Å². The Labute approximate surface area is 182 Å². The minimum Gasteiger partial charge on any atom is -0.507 e. The second-order valence-corrected chi connectivity index (χ2v) is 9.09. The lowest BCUT2D eigenvalue weighted by Gasteiger charge is -2.36. The molecule has 2 heterocycles. The van der Waals surface area contributed by atoms with Crippen molar-refractivity contribution in [2.75, 3.05) is 11.9 Å². The molecule has 0 unspecified atom stereocenters. The molecule has 1 N–H and O–H groups in total. The van der Waals surface area contributed by atoms with E-state index in [0.29, 0.717) is 23.6 Å². The molecule has 2 aromatic heterocycles. The Morgan fingerprint density at radius 1 is 1.23 bits per heavy atom. The highest BCUT2D eigenvalue weighted by Crippen LogP contribution is 2.41. The van der Waals surface area contributed by atoms with Crippen LogP contribution in [0.1, 0.15) is 52.4 Å². The number of nitrogens with zero attached hydrogens (tertiary/aromatic N) is 5. The second kappa shape index (κ2) is 8.73. The largest absolute Gasteiger partial charge is 0.507 e. The fourth-order valence-corrected chi connectivity index (χ4v) is 4.89. The molecular weight excluding hydrogens is 393 g/mol. The van der Waals surface area contributed by atoms with E-state index in [0.717, 1.165) is 42.9 Å². The van der Waals surface area contributed by atoms with Gasteiger partial charge in [-0.3, -0.25) is 4.98 Å². The van der Waals surface area contributed by atoms with Crippen LogP contribution in [0.4, 0.5) is 10.3 Å². The summed E-state index contributed by atoms with van der Waals surface area (Å²) in [6.07, 6.45) is 9.60. The van der Waals surface area contributed by atoms with Crippen LogP contribution in [0.2, 0.25) is 0 Å². The monoisotopic (exact) mass is 423 g/mol. The van der Waals surface area contributed by atoms with Crippen molar-refractivity contribution in [2.24, 2.45) is 5.41 Å². The molecule has 0 radical (unpaired) electrons. The van der Waals surface area contributed by atoms with E-state index in [2.05, 4.69) is 34.0 Å². The Hall–Kier alpha value is -2.83. The Kier molecular flexibility index (Phi) is 6.03. The maximum absolute atomic E-state index is 15.0. The molecule has 0 spiro atoms. The first kappa shape index (κ1) is 21.4. The summed E-state index contributed by atoms with van der Waals surface area (Å²) in [7, 11) is 1.85. The molecule has 1 aliphatic carbocycles. The van der Waals surface area contributed by atoms with Crippen LogP contribution in [0.15, 0.2) is 36.8 Å². The van der Waals surface area contributed by atoms with Crippen molar-refractivity contribution >= 4 is 16.7 Å². The van der Waals surface area contributed by atoms with Crippen molar-refractivity contribution in [1.82, 2.24) is 20.2 Å². The normalized spacial score (nSPS) is 24.1. The van der Waals surface area contributed by atoms with Gasteiger partial charge >= 0.3 is 0 Å². The lowest BCUT2D eigenvalue weighted by Crippen LogP contribution is -2.42. The van der Waals surface area contributed by atoms with Gasteiger partial charge in [0.2, 0.25) is 5.95 Å². The third kappa shape index (κ3) is 4.45. The molecule has 3 aromatic rings. The Morgan fingerprint density at radius 3 is 2.81 bits per heavy atom. The third-order valence-electron chi connectivity index (χ3n) is 6.63. The molecule has 1 aliphatic rings. The van der Waals surface area contributed by atoms with Crippen LogP contribution in [0.5, 0.6) is 5.75 Å². The first-order valence-corrected chi connectivity index (χ1v) is 11.0. The molecule has 164 valence electrons. The lowest BCUT2D eigenvalue weighted by molar-refractivity contribution is 0.206. The van der Waals surface area contributed by atoms with Crippen LogP contribution in [0, 0.1) is 5.41 Å². The molecule has 0 saturated heterocycles. The fourth-order valence-electron chi connectivity index (χ4n) is 4.89. The van der Waals surface area contributed by atoms with Gasteiger partial charge in [-0.1, -0.05) is 20.3 Å². The highest BCUT2D eigenvalue weighted by Gasteiger charge is 2.37. The highest BCUT2D eigenvalue weighted by atomic mass is 19.1. The van der Waals surface area contributed by atoms with E-state index in [1.54, 1.807) is 24.7 Å². The molecule has 0 bridgehead atoms. The van der Waals surface area contributed by atoms with Gasteiger partial charge in [0.15, 0.2) is 0 Å². The molecule has 4 rings (SSSR count). The number of aromatic hydroxyl groups is 1. The average Bonchev–Trinajstić information content (AvgIpc) is 2.91. The van der Waals surface area contributed by atoms with Crippen LogP contribution < -0.4 is 4.90 Å². The SMILES string of the molecule is CCC[C@]1(C)CCC[C@@H](F)[C@H](N(C)c2ncc(-c3cc4ccncc4cc3O)nn2)C1. The van der Waals surface area contributed by atoms with E-state index in [9.17, 15) is 5.11 Å². The van der Waals surface area contributed by atoms with E-state index in [1.807, 2.05) is 24.1 Å². The number of hydrogen-bond donors (Lipinski definition) is 1. The predicted octanol–water partition coefficient (Wildman–Crippen LogP) is 5.32. The van der Waals surface area contributed by atoms with Crippen molar-refractivity contribution in [3.63, 3.8) is 0 Å². The van der Waals surface area contributed by atoms with Crippen molar-refractivity contribution in [3.05, 3.63) is 36.8 Å². The molecule has 7 heteroatoms. The van der Waals surface area contributed by atoms with Crippen LogP contribution in [-0.4, -0.2) is 44.5 Å². The first-order valence-electron chi connectivity index (χ1n) is 11.0. The molecule has 6 nitrogen and oxygen atoms in total. The van der Waals surface area contributed by atoms with Gasteiger partial charge in [0, 0.05) is 30.4 Å². The van der Waals surface area contributed by atoms with Gasteiger partial charge in [-0.25, -0.2) is 9.37 Å². The van der Waals surface area contributed by atoms with Crippen molar-refractivity contribution in [1.29, 1.82) is 0 Å². The molecular formula is C24H30FN5O. The summed E-state index contributed by atoms with van der Waals surface area (Å²) >= 11 is 0. The van der Waals surface area contributed by atoms with E-state index < -0.39 is 6.17 Å². The quantitative estimate of drug-likeness (QED) is 0.560. The van der Waals surface area contributed by atoms with E-state index in [-0.39, 0.29) is 17.2 Å². The lowest BCUT2D eigenvalue weighted by atomic mass is 9.77. The number of anilines is 1. The summed E-state index contributed by atoms with van der Waals surface area (Å²) in [5.74, 6) is 0.502. The zero-order valence-corrected chi connectivity index (χ0v) is 18.4. The Bertz CT molecular complexity index is 1040. The Balaban J connectivity index is 1.59. The van der Waals surface area contributed by atoms with Crippen molar-refractivity contribution < 1.29 is 9.50 Å². The van der Waals surface area contributed by atoms with Crippen molar-refractivity contribution in [2.45, 2.75) is 64.6 Å². The number of pyridine rings is 1. The number of aromatic nitrogens is 4. The number of phenolic OH excluding ortho intramolecular Hbond substituents is 1. The minimum atomic E-state index is -0.912. The van der Waals surface area contributed by atoms with Gasteiger partial charge in [0.25, 0.3) is 0 Å². The third-order valence-corrected chi connectivity index (χ3v) is 6.63. The zero-order valence-electron chi connectivity index (χ0n) is 18.4. The number of rotatable bonds is 5. The molecule has 3 atom stereocenters. The fraction of sp³-hybridized carbons (Fsp3) is 0.500. The number of alkyl halides is 1. The molecule has 0 amide bonds. The zero-order chi connectivity index (χ0) is 22.0. The number of hydrogen-bond acceptors (Lipinski definition) is 6. The summed E-state index contributed by atoms with van der Waals surface area (Å²) in [5.41, 5.74) is 1.16. The molecule has 0 aliphatic heterocycles. The van der Waals surface area contributed by atoms with Crippen LogP contribution in [0.3, 0.4) is 0 Å². The molecule has 1 fully saturated rings. The summed E-state index contributed by atoms with van der Waals surface area (Å²) in [6, 6.07) is 5.11. The topological polar surface area (TPSA) is 75.0 Å². The summed E-state index contributed by atoms with van der Waals surface area (Å²) in [4.78, 5) is 10.4. The number of fused-ring (bicyclic) bond motifs is 1. The number of halogens is 1. The van der Waals surface area contributed by atoms with Gasteiger partial charge in [-0.2, -0.15) is 0 Å². The van der Waals surface area contributed by atoms with E-state index >= 15 is 4.39 Å². The molecule has 1 saturated carbocycles. The summed E-state index contributed by atoms with van der Waals surface area (Å²) in [5, 5.41) is 20.8. The summed E-state index contributed by atoms with van der Waals surface area (Å²) in [6.45, 7) is 4.46. The highest BCUT2D eigenvalue weighted by molar-refractivity contribution is 5.89. The van der Waals surface area contributed by atoms with E-state index in [4.69, 9.17) is 0 Å². The van der Waals surface area contributed by atoms with Crippen molar-refractivity contribution in [3.8, 4) is 17.0 Å².